The van der Waals surface area contributed by atoms with E-state index in [2.05, 4.69) is 10.6 Å². The van der Waals surface area contributed by atoms with Crippen molar-refractivity contribution in [1.29, 1.82) is 0 Å². The Kier molecular flexibility index (Phi) is 5.42. The van der Waals surface area contributed by atoms with Gasteiger partial charge < -0.3 is 20.1 Å². The third-order valence-electron chi connectivity index (χ3n) is 3.49. The largest absolute Gasteiger partial charge is 0.493 e. The predicted octanol–water partition coefficient (Wildman–Crippen LogP) is 2.90. The number of benzene rings is 2. The molecule has 24 heavy (non-hydrogen) atoms. The van der Waals surface area contributed by atoms with Gasteiger partial charge in [-0.05, 0) is 43.2 Å². The summed E-state index contributed by atoms with van der Waals surface area (Å²) in [6.07, 6.45) is 0. The molecule has 0 aromatic heterocycles. The topological polar surface area (TPSA) is 76.7 Å². The number of ether oxygens (including phenoxy) is 2. The predicted molar refractivity (Wildman–Crippen MR) is 92.7 cm³/mol. The number of aryl methyl sites for hydroxylation is 2. The summed E-state index contributed by atoms with van der Waals surface area (Å²) in [6.45, 7) is 3.78. The van der Waals surface area contributed by atoms with E-state index in [1.54, 1.807) is 18.2 Å². The number of carbonyl (C=O) groups is 2. The van der Waals surface area contributed by atoms with Crippen LogP contribution in [0.4, 0.5) is 11.4 Å². The van der Waals surface area contributed by atoms with Crippen molar-refractivity contribution in [3.63, 3.8) is 0 Å². The fraction of sp³-hybridized carbons (Fsp3) is 0.222. The molecule has 0 spiro atoms. The van der Waals surface area contributed by atoms with E-state index in [-0.39, 0.29) is 0 Å². The van der Waals surface area contributed by atoms with E-state index in [1.165, 1.54) is 14.2 Å². The van der Waals surface area contributed by atoms with Crippen molar-refractivity contribution < 1.29 is 19.1 Å². The van der Waals surface area contributed by atoms with E-state index in [1.807, 2.05) is 32.0 Å². The molecule has 2 N–H and O–H groups in total. The van der Waals surface area contributed by atoms with Gasteiger partial charge in [-0.25, -0.2) is 0 Å². The number of hydrogen-bond acceptors (Lipinski definition) is 4. The van der Waals surface area contributed by atoms with Gasteiger partial charge in [-0.3, -0.25) is 9.59 Å². The average molecular weight is 328 g/mol. The number of rotatable bonds is 4. The Morgan fingerprint density at radius 1 is 0.833 bits per heavy atom. The third kappa shape index (κ3) is 4.04. The molecule has 0 aliphatic rings. The van der Waals surface area contributed by atoms with Crippen molar-refractivity contribution >= 4 is 23.2 Å². The lowest BCUT2D eigenvalue weighted by atomic mass is 10.1. The van der Waals surface area contributed by atoms with Crippen LogP contribution in [0.15, 0.2) is 36.4 Å². The Balaban J connectivity index is 2.09. The summed E-state index contributed by atoms with van der Waals surface area (Å²) >= 11 is 0. The molecule has 0 radical (unpaired) electrons. The van der Waals surface area contributed by atoms with E-state index in [0.717, 1.165) is 11.1 Å². The second-order valence-electron chi connectivity index (χ2n) is 5.30. The molecule has 2 amide bonds. The lowest BCUT2D eigenvalue weighted by Gasteiger charge is -2.11. The molecule has 2 aromatic carbocycles. The lowest BCUT2D eigenvalue weighted by Crippen LogP contribution is -2.29. The van der Waals surface area contributed by atoms with Crippen molar-refractivity contribution in [1.82, 2.24) is 0 Å². The van der Waals surface area contributed by atoms with E-state index >= 15 is 0 Å². The van der Waals surface area contributed by atoms with Crippen molar-refractivity contribution in [2.24, 2.45) is 0 Å². The molecule has 0 aliphatic heterocycles. The Bertz CT molecular complexity index is 772. The summed E-state index contributed by atoms with van der Waals surface area (Å²) in [5, 5.41) is 5.15. The molecule has 0 saturated carbocycles. The highest BCUT2D eigenvalue weighted by Gasteiger charge is 2.16. The fourth-order valence-electron chi connectivity index (χ4n) is 2.15. The Morgan fingerprint density at radius 2 is 1.50 bits per heavy atom. The second-order valence-corrected chi connectivity index (χ2v) is 5.30. The first-order chi connectivity index (χ1) is 11.4. The van der Waals surface area contributed by atoms with Crippen LogP contribution >= 0.6 is 0 Å². The Hall–Kier alpha value is -3.02. The summed E-state index contributed by atoms with van der Waals surface area (Å²) in [7, 11) is 3.02. The van der Waals surface area contributed by atoms with E-state index in [9.17, 15) is 9.59 Å². The zero-order valence-corrected chi connectivity index (χ0v) is 14.1. The fourth-order valence-corrected chi connectivity index (χ4v) is 2.15. The molecule has 126 valence electrons. The van der Waals surface area contributed by atoms with Gasteiger partial charge in [0.2, 0.25) is 0 Å². The highest BCUT2D eigenvalue weighted by Crippen LogP contribution is 2.29. The van der Waals surface area contributed by atoms with Gasteiger partial charge in [0.05, 0.1) is 14.2 Å². The monoisotopic (exact) mass is 328 g/mol. The molecular weight excluding hydrogens is 308 g/mol. The number of nitrogens with one attached hydrogen (secondary N) is 2. The van der Waals surface area contributed by atoms with Gasteiger partial charge >= 0.3 is 11.8 Å². The van der Waals surface area contributed by atoms with Crippen LogP contribution in [0.5, 0.6) is 11.5 Å². The molecule has 6 heteroatoms. The first kappa shape index (κ1) is 17.3. The molecule has 0 bridgehead atoms. The highest BCUT2D eigenvalue weighted by molar-refractivity contribution is 6.43. The number of anilines is 2. The molecule has 0 aliphatic carbocycles. The van der Waals surface area contributed by atoms with Crippen LogP contribution < -0.4 is 20.1 Å². The Labute approximate surface area is 140 Å². The minimum Gasteiger partial charge on any atom is -0.493 e. The minimum atomic E-state index is -0.761. The van der Waals surface area contributed by atoms with Crippen LogP contribution in [0.3, 0.4) is 0 Å². The van der Waals surface area contributed by atoms with Crippen molar-refractivity contribution in [2.75, 3.05) is 24.9 Å². The van der Waals surface area contributed by atoms with E-state index in [0.29, 0.717) is 22.9 Å². The van der Waals surface area contributed by atoms with Crippen molar-refractivity contribution in [3.05, 3.63) is 47.5 Å². The smallest absolute Gasteiger partial charge is 0.314 e. The standard InChI is InChI=1S/C18H20N2O4/c1-11-5-6-12(2)14(9-11)20-18(22)17(21)19-13-7-8-15(23-3)16(10-13)24-4/h5-10H,1-4H3,(H,19,21)(H,20,22). The van der Waals surface area contributed by atoms with Crippen molar-refractivity contribution in [2.45, 2.75) is 13.8 Å². The molecule has 2 aromatic rings. The maximum Gasteiger partial charge on any atom is 0.314 e. The van der Waals surface area contributed by atoms with Crippen LogP contribution in [0.25, 0.3) is 0 Å². The van der Waals surface area contributed by atoms with Gasteiger partial charge in [0, 0.05) is 17.4 Å². The van der Waals surface area contributed by atoms with Gasteiger partial charge in [0.15, 0.2) is 11.5 Å². The van der Waals surface area contributed by atoms with Crippen molar-refractivity contribution in [3.8, 4) is 11.5 Å². The molecule has 6 nitrogen and oxygen atoms in total. The summed E-state index contributed by atoms with van der Waals surface area (Å²) in [4.78, 5) is 24.2. The lowest BCUT2D eigenvalue weighted by molar-refractivity contribution is -0.133. The number of methoxy groups -OCH3 is 2. The van der Waals surface area contributed by atoms with Gasteiger partial charge in [-0.15, -0.1) is 0 Å². The van der Waals surface area contributed by atoms with E-state index < -0.39 is 11.8 Å². The summed E-state index contributed by atoms with van der Waals surface area (Å²) in [5.41, 5.74) is 2.93. The second kappa shape index (κ2) is 7.50. The van der Waals surface area contributed by atoms with Crippen LogP contribution in [0, 0.1) is 13.8 Å². The van der Waals surface area contributed by atoms with Gasteiger partial charge in [0.1, 0.15) is 0 Å². The maximum absolute atomic E-state index is 12.1. The third-order valence-corrected chi connectivity index (χ3v) is 3.49. The zero-order chi connectivity index (χ0) is 17.7. The zero-order valence-electron chi connectivity index (χ0n) is 14.1. The molecule has 0 fully saturated rings. The normalized spacial score (nSPS) is 10.0. The Morgan fingerprint density at radius 3 is 2.17 bits per heavy atom. The molecule has 0 atom stereocenters. The number of hydrogen-bond donors (Lipinski definition) is 2. The summed E-state index contributed by atoms with van der Waals surface area (Å²) in [6, 6.07) is 10.5. The molecule has 0 saturated heterocycles. The molecule has 0 heterocycles. The quantitative estimate of drug-likeness (QED) is 0.846. The maximum atomic E-state index is 12.1. The average Bonchev–Trinajstić information content (AvgIpc) is 2.57. The van der Waals surface area contributed by atoms with Crippen LogP contribution in [0.2, 0.25) is 0 Å². The SMILES string of the molecule is COc1ccc(NC(=O)C(=O)Nc2cc(C)ccc2C)cc1OC. The minimum absolute atomic E-state index is 0.439. The summed E-state index contributed by atoms with van der Waals surface area (Å²) in [5.74, 6) is -0.498. The van der Waals surface area contributed by atoms with Gasteiger partial charge in [0.25, 0.3) is 0 Å². The van der Waals surface area contributed by atoms with Gasteiger partial charge in [-0.2, -0.15) is 0 Å². The first-order valence-electron chi connectivity index (χ1n) is 7.36. The number of amides is 2. The van der Waals surface area contributed by atoms with Crippen LogP contribution in [-0.2, 0) is 9.59 Å². The van der Waals surface area contributed by atoms with Crippen LogP contribution in [0.1, 0.15) is 11.1 Å². The molecule has 0 unspecified atom stereocenters. The number of carbonyl (C=O) groups excluding carboxylic acids is 2. The van der Waals surface area contributed by atoms with Gasteiger partial charge in [-0.1, -0.05) is 12.1 Å². The highest BCUT2D eigenvalue weighted by atomic mass is 16.5. The molecule has 2 rings (SSSR count). The first-order valence-corrected chi connectivity index (χ1v) is 7.36. The molecular formula is C18H20N2O4. The van der Waals surface area contributed by atoms with E-state index in [4.69, 9.17) is 9.47 Å². The van der Waals surface area contributed by atoms with Crippen LogP contribution in [-0.4, -0.2) is 26.0 Å². The summed E-state index contributed by atoms with van der Waals surface area (Å²) < 4.78 is 10.3.